The van der Waals surface area contributed by atoms with Gasteiger partial charge < -0.3 is 9.80 Å². The Kier molecular flexibility index (Phi) is 6.61. The largest absolute Gasteiger partial charge is 0.339 e. The number of hydrogen-bond acceptors (Lipinski definition) is 10. The number of ketones is 1. The number of nitrogens with zero attached hydrogens (tertiary/aromatic N) is 10. The molecule has 5 aromatic rings. The van der Waals surface area contributed by atoms with E-state index in [1.54, 1.807) is 59.8 Å². The highest BCUT2D eigenvalue weighted by Gasteiger charge is 2.67. The lowest BCUT2D eigenvalue weighted by molar-refractivity contribution is -0.132. The monoisotopic (exact) mass is 620 g/mol. The molecule has 12 nitrogen and oxygen atoms in total. The van der Waals surface area contributed by atoms with Crippen molar-refractivity contribution in [3.63, 3.8) is 0 Å². The molecule has 0 spiro atoms. The van der Waals surface area contributed by atoms with E-state index in [0.29, 0.717) is 36.0 Å². The van der Waals surface area contributed by atoms with Crippen LogP contribution < -0.4 is 4.90 Å². The van der Waals surface area contributed by atoms with Gasteiger partial charge in [-0.2, -0.15) is 9.94 Å². The van der Waals surface area contributed by atoms with Gasteiger partial charge in [-0.15, -0.1) is 0 Å². The maximum Gasteiger partial charge on any atom is 0.263 e. The fourth-order valence-corrected chi connectivity index (χ4v) is 7.26. The van der Waals surface area contributed by atoms with Crippen molar-refractivity contribution in [2.45, 2.75) is 11.6 Å². The van der Waals surface area contributed by atoms with Gasteiger partial charge in [-0.25, -0.2) is 0 Å². The van der Waals surface area contributed by atoms with Crippen LogP contribution in [0.3, 0.4) is 0 Å². The van der Waals surface area contributed by atoms with Gasteiger partial charge in [-0.05, 0) is 82.2 Å². The predicted octanol–water partition coefficient (Wildman–Crippen LogP) is 3.20. The van der Waals surface area contributed by atoms with Crippen molar-refractivity contribution >= 4 is 17.6 Å². The number of pyridine rings is 2. The van der Waals surface area contributed by atoms with E-state index in [2.05, 4.69) is 36.5 Å². The van der Waals surface area contributed by atoms with E-state index in [0.717, 1.165) is 16.8 Å². The van der Waals surface area contributed by atoms with Crippen LogP contribution in [0.15, 0.2) is 116 Å². The molecular weight excluding hydrogens is 592 g/mol. The van der Waals surface area contributed by atoms with E-state index in [4.69, 9.17) is 0 Å². The van der Waals surface area contributed by atoms with Gasteiger partial charge in [0, 0.05) is 74.4 Å². The number of anilines is 1. The van der Waals surface area contributed by atoms with Crippen LogP contribution in [0, 0.1) is 23.2 Å². The topological polar surface area (TPSA) is 137 Å². The normalized spacial score (nSPS) is 22.0. The minimum Gasteiger partial charge on any atom is -0.339 e. The number of carbonyl (C=O) groups is 2. The summed E-state index contributed by atoms with van der Waals surface area (Å²) in [4.78, 5) is 43.2. The quantitative estimate of drug-likeness (QED) is 0.197. The number of rotatable bonds is 7. The first-order valence-corrected chi connectivity index (χ1v) is 15.3. The van der Waals surface area contributed by atoms with E-state index in [9.17, 15) is 10.1 Å². The average molecular weight is 621 g/mol. The molecule has 0 N–H and O–H groups in total. The van der Waals surface area contributed by atoms with Crippen LogP contribution in [0.25, 0.3) is 5.69 Å². The molecule has 3 aliphatic rings. The molecule has 8 rings (SSSR count). The van der Waals surface area contributed by atoms with Crippen molar-refractivity contribution in [3.05, 3.63) is 138 Å². The summed E-state index contributed by atoms with van der Waals surface area (Å²) in [7, 11) is 1.86. The van der Waals surface area contributed by atoms with Gasteiger partial charge in [0.1, 0.15) is 5.82 Å². The summed E-state index contributed by atoms with van der Waals surface area (Å²) in [5, 5.41) is 21.8. The zero-order valence-corrected chi connectivity index (χ0v) is 25.3. The maximum absolute atomic E-state index is 15.1. The van der Waals surface area contributed by atoms with E-state index in [1.807, 2.05) is 71.4 Å². The fourth-order valence-electron chi connectivity index (χ4n) is 7.26. The number of likely N-dealkylation sites (N-methyl/N-ethyl adjacent to an activating group) is 1. The van der Waals surface area contributed by atoms with Gasteiger partial charge in [-0.1, -0.05) is 23.3 Å². The Morgan fingerprint density at radius 1 is 0.894 bits per heavy atom. The summed E-state index contributed by atoms with van der Waals surface area (Å²) in [6, 6.07) is 25.6. The van der Waals surface area contributed by atoms with Gasteiger partial charge in [0.2, 0.25) is 5.95 Å². The third kappa shape index (κ3) is 4.39. The standard InChI is InChI=1S/C35H28N10O2/c1-42-31(19-30(46)24-9-7-23(20-36)8-10-24)44(33(47)35(42,25-11-15-37-16-12-25)26-13-17-38-18-14-26)32-28-21-43(22-29(28)32)34-39-40-41-45(34)27-5-3-2-4-6-27/h2-19,28-29,32H,21-22H2,1H3/t28-,29-/m0/s1. The molecule has 12 heteroatoms. The van der Waals surface area contributed by atoms with Gasteiger partial charge in [0.25, 0.3) is 5.91 Å². The van der Waals surface area contributed by atoms with Gasteiger partial charge >= 0.3 is 0 Å². The Bertz CT molecular complexity index is 1990. The van der Waals surface area contributed by atoms with Gasteiger partial charge in [-0.3, -0.25) is 24.5 Å². The minimum atomic E-state index is -1.25. The van der Waals surface area contributed by atoms with E-state index >= 15 is 4.79 Å². The molecule has 1 amide bonds. The molecule has 0 bridgehead atoms. The Labute approximate surface area is 270 Å². The van der Waals surface area contributed by atoms with E-state index < -0.39 is 5.54 Å². The molecule has 230 valence electrons. The average Bonchev–Trinajstić information content (AvgIpc) is 3.46. The third-order valence-electron chi connectivity index (χ3n) is 9.56. The first-order valence-electron chi connectivity index (χ1n) is 15.3. The summed E-state index contributed by atoms with van der Waals surface area (Å²) in [5.41, 5.74) is 1.98. The minimum absolute atomic E-state index is 0.132. The molecule has 1 saturated carbocycles. The number of piperidine rings is 1. The highest BCUT2D eigenvalue weighted by Crippen LogP contribution is 2.56. The lowest BCUT2D eigenvalue weighted by Crippen LogP contribution is -2.46. The molecule has 2 aliphatic heterocycles. The molecule has 1 aliphatic carbocycles. The number of aromatic nitrogens is 6. The molecule has 3 aromatic heterocycles. The second-order valence-electron chi connectivity index (χ2n) is 11.9. The smallest absolute Gasteiger partial charge is 0.263 e. The third-order valence-corrected chi connectivity index (χ3v) is 9.56. The first-order chi connectivity index (χ1) is 23.0. The molecule has 47 heavy (non-hydrogen) atoms. The van der Waals surface area contributed by atoms with Crippen LogP contribution in [-0.2, 0) is 10.3 Å². The first kappa shape index (κ1) is 28.3. The van der Waals surface area contributed by atoms with Crippen molar-refractivity contribution in [2.75, 3.05) is 25.0 Å². The lowest BCUT2D eigenvalue weighted by atomic mass is 9.82. The van der Waals surface area contributed by atoms with E-state index in [-0.39, 0.29) is 29.6 Å². The number of para-hydroxylation sites is 1. The summed E-state index contributed by atoms with van der Waals surface area (Å²) in [5.74, 6) is 1.06. The Hall–Kier alpha value is -6.22. The molecule has 0 radical (unpaired) electrons. The van der Waals surface area contributed by atoms with Crippen molar-refractivity contribution in [3.8, 4) is 11.8 Å². The molecular formula is C35H28N10O2. The Balaban J connectivity index is 1.18. The highest BCUT2D eigenvalue weighted by atomic mass is 16.2. The zero-order chi connectivity index (χ0) is 32.1. The van der Waals surface area contributed by atoms with Gasteiger partial charge in [0.05, 0.1) is 17.3 Å². The number of nitriles is 1. The highest BCUT2D eigenvalue weighted by molar-refractivity contribution is 6.06. The van der Waals surface area contributed by atoms with Crippen LogP contribution in [0.5, 0.6) is 0 Å². The van der Waals surface area contributed by atoms with Crippen molar-refractivity contribution in [1.82, 2.24) is 40.0 Å². The summed E-state index contributed by atoms with van der Waals surface area (Å²) in [6.07, 6.45) is 8.25. The number of carbonyl (C=O) groups excluding carboxylic acids is 2. The number of benzene rings is 2. The van der Waals surface area contributed by atoms with Gasteiger partial charge in [0.15, 0.2) is 11.3 Å². The second kappa shape index (κ2) is 11.0. The summed E-state index contributed by atoms with van der Waals surface area (Å²) in [6.45, 7) is 1.31. The van der Waals surface area contributed by atoms with Crippen LogP contribution in [0.1, 0.15) is 27.0 Å². The number of amides is 1. The summed E-state index contributed by atoms with van der Waals surface area (Å²) < 4.78 is 1.73. The molecule has 2 aromatic carbocycles. The van der Waals surface area contributed by atoms with E-state index in [1.165, 1.54) is 0 Å². The number of fused-ring (bicyclic) bond motifs is 1. The second-order valence-corrected chi connectivity index (χ2v) is 11.9. The van der Waals surface area contributed by atoms with Crippen LogP contribution in [0.2, 0.25) is 0 Å². The fraction of sp³-hybridized carbons (Fsp3) is 0.200. The van der Waals surface area contributed by atoms with Crippen molar-refractivity contribution in [2.24, 2.45) is 11.8 Å². The van der Waals surface area contributed by atoms with Crippen molar-refractivity contribution in [1.29, 1.82) is 5.26 Å². The lowest BCUT2D eigenvalue weighted by Gasteiger charge is -2.35. The molecule has 2 atom stereocenters. The predicted molar refractivity (Wildman–Crippen MR) is 170 cm³/mol. The Morgan fingerprint density at radius 3 is 2.11 bits per heavy atom. The molecule has 0 unspecified atom stereocenters. The molecule has 2 saturated heterocycles. The van der Waals surface area contributed by atoms with Crippen LogP contribution in [-0.4, -0.2) is 77.8 Å². The Morgan fingerprint density at radius 2 is 1.51 bits per heavy atom. The molecule has 5 heterocycles. The zero-order valence-electron chi connectivity index (χ0n) is 25.3. The van der Waals surface area contributed by atoms with Crippen LogP contribution in [0.4, 0.5) is 5.95 Å². The van der Waals surface area contributed by atoms with Crippen molar-refractivity contribution < 1.29 is 9.59 Å². The SMILES string of the molecule is CN1C(=CC(=O)c2ccc(C#N)cc2)N(C2[C@H]3CN(c4nnnn4-c4ccccc4)C[C@H]23)C(=O)C1(c1ccncc1)c1ccncc1. The van der Waals surface area contributed by atoms with Crippen LogP contribution >= 0.6 is 0 Å². The number of allylic oxidation sites excluding steroid dienone is 1. The summed E-state index contributed by atoms with van der Waals surface area (Å²) >= 11 is 0. The number of tetrazole rings is 1. The molecule has 3 fully saturated rings. The number of hydrogen-bond donors (Lipinski definition) is 0. The maximum atomic E-state index is 15.1.